The molecule has 0 fully saturated rings. The molecule has 0 aliphatic carbocycles. The van der Waals surface area contributed by atoms with Crippen molar-refractivity contribution in [3.8, 4) is 11.5 Å². The number of nitrogens with one attached hydrogen (secondary N) is 1. The highest BCUT2D eigenvalue weighted by molar-refractivity contribution is 5.89. The van der Waals surface area contributed by atoms with Crippen LogP contribution in [0.15, 0.2) is 12.1 Å². The summed E-state index contributed by atoms with van der Waals surface area (Å²) in [5.41, 5.74) is 0.587. The molecule has 0 amide bonds. The third kappa shape index (κ3) is 3.33. The predicted octanol–water partition coefficient (Wildman–Crippen LogP) is 1.66. The molecule has 2 aromatic rings. The first-order chi connectivity index (χ1) is 10.0. The van der Waals surface area contributed by atoms with Crippen LogP contribution < -0.4 is 5.32 Å². The van der Waals surface area contributed by atoms with E-state index in [2.05, 4.69) is 25.8 Å². The van der Waals surface area contributed by atoms with Gasteiger partial charge in [0.15, 0.2) is 0 Å². The zero-order chi connectivity index (χ0) is 15.4. The lowest BCUT2D eigenvalue weighted by Crippen LogP contribution is -2.15. The van der Waals surface area contributed by atoms with Gasteiger partial charge in [0.2, 0.25) is 5.82 Å². The Labute approximate surface area is 122 Å². The van der Waals surface area contributed by atoms with Crippen LogP contribution in [0.4, 0.5) is 5.82 Å². The zero-order valence-corrected chi connectivity index (χ0v) is 12.2. The van der Waals surface area contributed by atoms with E-state index >= 15 is 0 Å². The van der Waals surface area contributed by atoms with Crippen molar-refractivity contribution < 1.29 is 9.90 Å². The van der Waals surface area contributed by atoms with E-state index < -0.39 is 5.97 Å². The number of carboxylic acid groups (broad SMARTS) is 1. The van der Waals surface area contributed by atoms with Gasteiger partial charge in [-0.25, -0.2) is 14.5 Å². The van der Waals surface area contributed by atoms with Gasteiger partial charge in [0.05, 0.1) is 5.56 Å². The molecule has 0 spiro atoms. The topological polar surface area (TPSA) is 106 Å². The minimum Gasteiger partial charge on any atom is -0.478 e. The molecule has 0 aromatic carbocycles. The Morgan fingerprint density at radius 3 is 2.81 bits per heavy atom. The van der Waals surface area contributed by atoms with Gasteiger partial charge in [0.1, 0.15) is 11.5 Å². The molecule has 2 N–H and O–H groups in total. The Hall–Kier alpha value is -2.51. The molecule has 0 bridgehead atoms. The van der Waals surface area contributed by atoms with Crippen molar-refractivity contribution >= 4 is 11.8 Å². The minimum absolute atomic E-state index is 0.149. The highest BCUT2D eigenvalue weighted by Crippen LogP contribution is 2.20. The first kappa shape index (κ1) is 14.9. The molecule has 21 heavy (non-hydrogen) atoms. The molecule has 2 heterocycles. The van der Waals surface area contributed by atoms with E-state index in [4.69, 9.17) is 0 Å². The number of carbonyl (C=O) groups is 1. The summed E-state index contributed by atoms with van der Waals surface area (Å²) in [5.74, 6) is -0.0564. The van der Waals surface area contributed by atoms with Gasteiger partial charge in [-0.05, 0) is 42.8 Å². The van der Waals surface area contributed by atoms with Gasteiger partial charge < -0.3 is 10.4 Å². The molecule has 0 aliphatic heterocycles. The summed E-state index contributed by atoms with van der Waals surface area (Å²) in [6.45, 7) is 6.52. The number of aromatic nitrogens is 5. The van der Waals surface area contributed by atoms with Gasteiger partial charge in [0, 0.05) is 12.6 Å². The number of aromatic carboxylic acids is 1. The number of anilines is 1. The summed E-state index contributed by atoms with van der Waals surface area (Å²) in [6, 6.07) is 3.18. The number of tetrazole rings is 1. The van der Waals surface area contributed by atoms with Crippen molar-refractivity contribution in [3.63, 3.8) is 0 Å². The number of rotatable bonds is 6. The van der Waals surface area contributed by atoms with E-state index in [1.54, 1.807) is 4.68 Å². The van der Waals surface area contributed by atoms with Gasteiger partial charge >= 0.3 is 5.97 Å². The Kier molecular flexibility index (Phi) is 4.46. The molecular formula is C13H18N6O2. The van der Waals surface area contributed by atoms with Crippen molar-refractivity contribution in [1.82, 2.24) is 25.2 Å². The molecule has 2 aromatic heterocycles. The molecule has 2 rings (SSSR count). The standard InChI is InChI=1S/C13H18N6O2/c1-4-8(3)14-11-7-9(13(20)21)6-10(15-11)12-16-17-18-19(12)5-2/h6-8H,4-5H2,1-3H3,(H,14,15)(H,20,21)/t8-/m0/s1. The van der Waals surface area contributed by atoms with Crippen LogP contribution in [0.3, 0.4) is 0 Å². The molecule has 0 aliphatic rings. The van der Waals surface area contributed by atoms with Crippen LogP contribution in [0.25, 0.3) is 11.5 Å². The lowest BCUT2D eigenvalue weighted by Gasteiger charge is -2.13. The second kappa shape index (κ2) is 6.29. The molecule has 0 unspecified atom stereocenters. The second-order valence-corrected chi connectivity index (χ2v) is 4.70. The number of pyridine rings is 1. The maximum absolute atomic E-state index is 11.3. The molecular weight excluding hydrogens is 272 g/mol. The third-order valence-corrected chi connectivity index (χ3v) is 3.14. The summed E-state index contributed by atoms with van der Waals surface area (Å²) < 4.78 is 1.57. The molecule has 1 atom stereocenters. The lowest BCUT2D eigenvalue weighted by atomic mass is 10.2. The molecule has 8 nitrogen and oxygen atoms in total. The predicted molar refractivity (Wildman–Crippen MR) is 77.1 cm³/mol. The fourth-order valence-corrected chi connectivity index (χ4v) is 1.80. The summed E-state index contributed by atoms with van der Waals surface area (Å²) in [5, 5.41) is 23.8. The summed E-state index contributed by atoms with van der Waals surface area (Å²) in [7, 11) is 0. The van der Waals surface area contributed by atoms with Crippen LogP contribution in [-0.4, -0.2) is 42.3 Å². The number of nitrogens with zero attached hydrogens (tertiary/aromatic N) is 5. The molecule has 0 radical (unpaired) electrons. The number of aryl methyl sites for hydroxylation is 1. The van der Waals surface area contributed by atoms with Crippen LogP contribution in [0, 0.1) is 0 Å². The van der Waals surface area contributed by atoms with Gasteiger partial charge in [-0.2, -0.15) is 0 Å². The van der Waals surface area contributed by atoms with E-state index in [1.807, 2.05) is 20.8 Å². The second-order valence-electron chi connectivity index (χ2n) is 4.70. The number of hydrogen-bond donors (Lipinski definition) is 2. The largest absolute Gasteiger partial charge is 0.478 e. The van der Waals surface area contributed by atoms with E-state index in [1.165, 1.54) is 12.1 Å². The highest BCUT2D eigenvalue weighted by atomic mass is 16.4. The van der Waals surface area contributed by atoms with Crippen LogP contribution in [-0.2, 0) is 6.54 Å². The monoisotopic (exact) mass is 290 g/mol. The van der Waals surface area contributed by atoms with Crippen LogP contribution in [0.2, 0.25) is 0 Å². The summed E-state index contributed by atoms with van der Waals surface area (Å²) in [4.78, 5) is 15.7. The number of carboxylic acids is 1. The zero-order valence-electron chi connectivity index (χ0n) is 12.2. The maximum Gasteiger partial charge on any atom is 0.335 e. The first-order valence-electron chi connectivity index (χ1n) is 6.83. The minimum atomic E-state index is -1.01. The Balaban J connectivity index is 2.47. The first-order valence-corrected chi connectivity index (χ1v) is 6.83. The average molecular weight is 290 g/mol. The van der Waals surface area contributed by atoms with Crippen molar-refractivity contribution in [2.45, 2.75) is 39.8 Å². The summed E-state index contributed by atoms with van der Waals surface area (Å²) in [6.07, 6.45) is 0.904. The molecule has 8 heteroatoms. The van der Waals surface area contributed by atoms with Crippen molar-refractivity contribution in [2.75, 3.05) is 5.32 Å². The summed E-state index contributed by atoms with van der Waals surface area (Å²) >= 11 is 0. The molecule has 0 saturated heterocycles. The fourth-order valence-electron chi connectivity index (χ4n) is 1.80. The van der Waals surface area contributed by atoms with E-state index in [0.29, 0.717) is 23.9 Å². The van der Waals surface area contributed by atoms with E-state index in [9.17, 15) is 9.90 Å². The Morgan fingerprint density at radius 1 is 1.43 bits per heavy atom. The van der Waals surface area contributed by atoms with Crippen LogP contribution in [0.1, 0.15) is 37.6 Å². The Morgan fingerprint density at radius 2 is 2.19 bits per heavy atom. The van der Waals surface area contributed by atoms with Gasteiger partial charge in [-0.15, -0.1) is 5.10 Å². The number of hydrogen-bond acceptors (Lipinski definition) is 6. The van der Waals surface area contributed by atoms with Crippen LogP contribution in [0.5, 0.6) is 0 Å². The SMILES string of the molecule is CC[C@H](C)Nc1cc(C(=O)O)cc(-c2nnnn2CC)n1. The van der Waals surface area contributed by atoms with Crippen LogP contribution >= 0.6 is 0 Å². The normalized spacial score (nSPS) is 12.1. The smallest absolute Gasteiger partial charge is 0.335 e. The highest BCUT2D eigenvalue weighted by Gasteiger charge is 2.15. The maximum atomic E-state index is 11.3. The lowest BCUT2D eigenvalue weighted by molar-refractivity contribution is 0.0697. The van der Waals surface area contributed by atoms with Crippen molar-refractivity contribution in [2.24, 2.45) is 0 Å². The fraction of sp³-hybridized carbons (Fsp3) is 0.462. The van der Waals surface area contributed by atoms with Crippen molar-refractivity contribution in [1.29, 1.82) is 0 Å². The third-order valence-electron chi connectivity index (χ3n) is 3.14. The van der Waals surface area contributed by atoms with Gasteiger partial charge in [-0.1, -0.05) is 6.92 Å². The molecule has 0 saturated carbocycles. The van der Waals surface area contributed by atoms with E-state index in [-0.39, 0.29) is 11.6 Å². The van der Waals surface area contributed by atoms with Crippen molar-refractivity contribution in [3.05, 3.63) is 17.7 Å². The van der Waals surface area contributed by atoms with Gasteiger partial charge in [0.25, 0.3) is 0 Å². The Bertz CT molecular complexity index is 639. The quantitative estimate of drug-likeness (QED) is 0.833. The van der Waals surface area contributed by atoms with Gasteiger partial charge in [-0.3, -0.25) is 0 Å². The average Bonchev–Trinajstić information content (AvgIpc) is 2.95. The van der Waals surface area contributed by atoms with E-state index in [0.717, 1.165) is 6.42 Å². The molecule has 112 valence electrons.